The summed E-state index contributed by atoms with van der Waals surface area (Å²) < 4.78 is 10.6. The first-order valence-corrected chi connectivity index (χ1v) is 7.78. The van der Waals surface area contributed by atoms with Gasteiger partial charge in [0.25, 0.3) is 0 Å². The molecule has 2 aromatic rings. The summed E-state index contributed by atoms with van der Waals surface area (Å²) in [6, 6.07) is 13.9. The second-order valence-corrected chi connectivity index (χ2v) is 5.30. The predicted molar refractivity (Wildman–Crippen MR) is 86.9 cm³/mol. The van der Waals surface area contributed by atoms with Gasteiger partial charge in [-0.05, 0) is 35.6 Å². The molecule has 0 aliphatic rings. The van der Waals surface area contributed by atoms with Crippen LogP contribution in [-0.4, -0.2) is 20.5 Å². The molecular formula is C16H20N2O2S. The van der Waals surface area contributed by atoms with E-state index >= 15 is 0 Å². The van der Waals surface area contributed by atoms with Crippen molar-refractivity contribution in [2.45, 2.75) is 10.9 Å². The molecule has 112 valence electrons. The molecule has 0 fully saturated rings. The number of benzene rings is 2. The standard InChI is InChI=1S/C16H20N2O2S/c1-19-13-9-8-11(10-14(13)20-2)16(18-17)12-6-4-5-7-15(12)21-3/h4-10,16,18H,17H2,1-3H3. The maximum Gasteiger partial charge on any atom is 0.161 e. The van der Waals surface area contributed by atoms with Crippen molar-refractivity contribution in [2.24, 2.45) is 5.84 Å². The van der Waals surface area contributed by atoms with Crippen LogP contribution in [-0.2, 0) is 0 Å². The average Bonchev–Trinajstić information content (AvgIpc) is 2.55. The molecule has 0 aromatic heterocycles. The number of methoxy groups -OCH3 is 2. The molecule has 21 heavy (non-hydrogen) atoms. The highest BCUT2D eigenvalue weighted by Gasteiger charge is 2.17. The van der Waals surface area contributed by atoms with E-state index in [0.29, 0.717) is 11.5 Å². The van der Waals surface area contributed by atoms with Crippen LogP contribution >= 0.6 is 11.8 Å². The molecule has 0 aliphatic carbocycles. The van der Waals surface area contributed by atoms with Crippen LogP contribution in [0.25, 0.3) is 0 Å². The summed E-state index contributed by atoms with van der Waals surface area (Å²) in [5, 5.41) is 0. The van der Waals surface area contributed by atoms with Crippen LogP contribution in [0, 0.1) is 0 Å². The summed E-state index contributed by atoms with van der Waals surface area (Å²) in [5.74, 6) is 7.19. The maximum atomic E-state index is 5.79. The van der Waals surface area contributed by atoms with E-state index < -0.39 is 0 Å². The molecule has 0 radical (unpaired) electrons. The van der Waals surface area contributed by atoms with Gasteiger partial charge in [-0.1, -0.05) is 24.3 Å². The number of rotatable bonds is 6. The Kier molecular flexibility index (Phi) is 5.50. The van der Waals surface area contributed by atoms with Gasteiger partial charge in [0.15, 0.2) is 11.5 Å². The van der Waals surface area contributed by atoms with Crippen molar-refractivity contribution in [3.8, 4) is 11.5 Å². The van der Waals surface area contributed by atoms with Crippen molar-refractivity contribution in [3.05, 3.63) is 53.6 Å². The Labute approximate surface area is 129 Å². The molecule has 0 aliphatic heterocycles. The zero-order chi connectivity index (χ0) is 15.2. The molecule has 0 amide bonds. The Hall–Kier alpha value is -1.69. The molecule has 0 bridgehead atoms. The van der Waals surface area contributed by atoms with Crippen molar-refractivity contribution in [1.29, 1.82) is 0 Å². The van der Waals surface area contributed by atoms with Crippen LogP contribution in [0.1, 0.15) is 17.2 Å². The van der Waals surface area contributed by atoms with Gasteiger partial charge >= 0.3 is 0 Å². The number of hydrazine groups is 1. The van der Waals surface area contributed by atoms with E-state index in [1.165, 1.54) is 4.90 Å². The molecule has 0 saturated carbocycles. The number of hydrogen-bond acceptors (Lipinski definition) is 5. The lowest BCUT2D eigenvalue weighted by molar-refractivity contribution is 0.354. The lowest BCUT2D eigenvalue weighted by Crippen LogP contribution is -2.29. The van der Waals surface area contributed by atoms with Gasteiger partial charge in [0, 0.05) is 4.90 Å². The minimum absolute atomic E-state index is 0.103. The fourth-order valence-corrected chi connectivity index (χ4v) is 2.94. The molecule has 0 heterocycles. The van der Waals surface area contributed by atoms with Gasteiger partial charge in [-0.3, -0.25) is 5.84 Å². The molecule has 5 heteroatoms. The third kappa shape index (κ3) is 3.32. The lowest BCUT2D eigenvalue weighted by Gasteiger charge is -2.20. The summed E-state index contributed by atoms with van der Waals surface area (Å²) in [7, 11) is 3.25. The zero-order valence-electron chi connectivity index (χ0n) is 12.4. The molecule has 2 aromatic carbocycles. The lowest BCUT2D eigenvalue weighted by atomic mass is 9.99. The van der Waals surface area contributed by atoms with E-state index in [9.17, 15) is 0 Å². The molecular weight excluding hydrogens is 284 g/mol. The normalized spacial score (nSPS) is 12.0. The molecule has 4 nitrogen and oxygen atoms in total. The molecule has 0 saturated heterocycles. The van der Waals surface area contributed by atoms with Crippen LogP contribution in [0.4, 0.5) is 0 Å². The predicted octanol–water partition coefficient (Wildman–Crippen LogP) is 2.98. The van der Waals surface area contributed by atoms with Crippen LogP contribution < -0.4 is 20.7 Å². The Morgan fingerprint density at radius 2 is 1.76 bits per heavy atom. The molecule has 0 spiro atoms. The highest BCUT2D eigenvalue weighted by atomic mass is 32.2. The minimum atomic E-state index is -0.103. The number of thioether (sulfide) groups is 1. The van der Waals surface area contributed by atoms with Crippen molar-refractivity contribution in [1.82, 2.24) is 5.43 Å². The van der Waals surface area contributed by atoms with E-state index in [0.717, 1.165) is 11.1 Å². The Morgan fingerprint density at radius 3 is 2.38 bits per heavy atom. The van der Waals surface area contributed by atoms with E-state index in [4.69, 9.17) is 15.3 Å². The number of ether oxygens (including phenoxy) is 2. The topological polar surface area (TPSA) is 56.5 Å². The zero-order valence-corrected chi connectivity index (χ0v) is 13.2. The van der Waals surface area contributed by atoms with Crippen molar-refractivity contribution in [3.63, 3.8) is 0 Å². The number of nitrogens with one attached hydrogen (secondary N) is 1. The highest BCUT2D eigenvalue weighted by Crippen LogP contribution is 2.34. The molecule has 1 unspecified atom stereocenters. The van der Waals surface area contributed by atoms with Gasteiger partial charge < -0.3 is 9.47 Å². The highest BCUT2D eigenvalue weighted by molar-refractivity contribution is 7.98. The first kappa shape index (κ1) is 15.7. The second kappa shape index (κ2) is 7.36. The quantitative estimate of drug-likeness (QED) is 0.488. The van der Waals surface area contributed by atoms with Crippen LogP contribution in [0.15, 0.2) is 47.4 Å². The minimum Gasteiger partial charge on any atom is -0.493 e. The fourth-order valence-electron chi connectivity index (χ4n) is 2.30. The van der Waals surface area contributed by atoms with Crippen LogP contribution in [0.2, 0.25) is 0 Å². The number of nitrogens with two attached hydrogens (primary N) is 1. The fraction of sp³-hybridized carbons (Fsp3) is 0.250. The van der Waals surface area contributed by atoms with Gasteiger partial charge in [-0.15, -0.1) is 11.8 Å². The first-order chi connectivity index (χ1) is 10.2. The van der Waals surface area contributed by atoms with E-state index in [1.807, 2.05) is 30.3 Å². The largest absolute Gasteiger partial charge is 0.493 e. The summed E-state index contributed by atoms with van der Waals surface area (Å²) in [6.07, 6.45) is 2.06. The SMILES string of the molecule is COc1ccc(C(NN)c2ccccc2SC)cc1OC. The van der Waals surface area contributed by atoms with E-state index in [2.05, 4.69) is 23.8 Å². The Balaban J connectivity index is 2.46. The smallest absolute Gasteiger partial charge is 0.161 e. The maximum absolute atomic E-state index is 5.79. The van der Waals surface area contributed by atoms with Crippen molar-refractivity contribution in [2.75, 3.05) is 20.5 Å². The molecule has 2 rings (SSSR count). The van der Waals surface area contributed by atoms with Gasteiger partial charge in [0.05, 0.1) is 20.3 Å². The second-order valence-electron chi connectivity index (χ2n) is 4.46. The summed E-state index contributed by atoms with van der Waals surface area (Å²) in [5.41, 5.74) is 5.05. The van der Waals surface area contributed by atoms with Crippen molar-refractivity contribution >= 4 is 11.8 Å². The van der Waals surface area contributed by atoms with E-state index in [1.54, 1.807) is 26.0 Å². The van der Waals surface area contributed by atoms with E-state index in [-0.39, 0.29) is 6.04 Å². The molecule has 3 N–H and O–H groups in total. The van der Waals surface area contributed by atoms with Gasteiger partial charge in [-0.25, -0.2) is 5.43 Å². The van der Waals surface area contributed by atoms with Gasteiger partial charge in [0.1, 0.15) is 0 Å². The monoisotopic (exact) mass is 304 g/mol. The first-order valence-electron chi connectivity index (χ1n) is 6.56. The Morgan fingerprint density at radius 1 is 1.05 bits per heavy atom. The third-order valence-corrected chi connectivity index (χ3v) is 4.17. The summed E-state index contributed by atoms with van der Waals surface area (Å²) >= 11 is 1.70. The average molecular weight is 304 g/mol. The molecule has 1 atom stereocenters. The Bertz CT molecular complexity index is 605. The van der Waals surface area contributed by atoms with Crippen LogP contribution in [0.5, 0.6) is 11.5 Å². The van der Waals surface area contributed by atoms with Gasteiger partial charge in [0.2, 0.25) is 0 Å². The third-order valence-electron chi connectivity index (χ3n) is 3.36. The van der Waals surface area contributed by atoms with Crippen LogP contribution in [0.3, 0.4) is 0 Å². The van der Waals surface area contributed by atoms with Crippen molar-refractivity contribution < 1.29 is 9.47 Å². The number of hydrogen-bond donors (Lipinski definition) is 2. The van der Waals surface area contributed by atoms with Gasteiger partial charge in [-0.2, -0.15) is 0 Å². The summed E-state index contributed by atoms with van der Waals surface area (Å²) in [6.45, 7) is 0. The summed E-state index contributed by atoms with van der Waals surface area (Å²) in [4.78, 5) is 1.19.